The summed E-state index contributed by atoms with van der Waals surface area (Å²) in [4.78, 5) is 2.21. The van der Waals surface area contributed by atoms with Crippen molar-refractivity contribution in [3.8, 4) is 11.1 Å². The van der Waals surface area contributed by atoms with Gasteiger partial charge in [0.15, 0.2) is 0 Å². The van der Waals surface area contributed by atoms with E-state index in [1.54, 1.807) is 0 Å². The Morgan fingerprint density at radius 2 is 1.51 bits per heavy atom. The summed E-state index contributed by atoms with van der Waals surface area (Å²) in [5, 5.41) is 11.9. The van der Waals surface area contributed by atoms with Gasteiger partial charge in [-0.1, -0.05) is 84.9 Å². The minimum atomic E-state index is -4.25. The summed E-state index contributed by atoms with van der Waals surface area (Å²) in [6.45, 7) is 2.31. The quantitative estimate of drug-likeness (QED) is 0.390. The van der Waals surface area contributed by atoms with E-state index in [4.69, 9.17) is 4.74 Å². The largest absolute Gasteiger partial charge is 0.389 e. The molecule has 3 aromatic carbocycles. The molecule has 0 radical (unpaired) electrons. The van der Waals surface area contributed by atoms with Crippen molar-refractivity contribution in [2.24, 2.45) is 0 Å². The summed E-state index contributed by atoms with van der Waals surface area (Å²) in [5.74, 6) is 0. The van der Waals surface area contributed by atoms with E-state index in [-0.39, 0.29) is 19.3 Å². The highest BCUT2D eigenvalue weighted by Gasteiger charge is 2.41. The van der Waals surface area contributed by atoms with Crippen LogP contribution in [0, 0.1) is 0 Å². The maximum Gasteiger partial charge on any atom is 0.389 e. The van der Waals surface area contributed by atoms with Crippen LogP contribution in [0.15, 0.2) is 84.9 Å². The van der Waals surface area contributed by atoms with Crippen molar-refractivity contribution in [2.75, 3.05) is 19.7 Å². The Bertz CT molecular complexity index is 1060. The summed E-state index contributed by atoms with van der Waals surface area (Å²) in [6, 6.07) is 27.7. The molecule has 0 amide bonds. The summed E-state index contributed by atoms with van der Waals surface area (Å²) in [5.41, 5.74) is 2.61. The van der Waals surface area contributed by atoms with Crippen LogP contribution in [0.25, 0.3) is 11.1 Å². The third-order valence-corrected chi connectivity index (χ3v) is 6.67. The Balaban J connectivity index is 1.57. The maximum atomic E-state index is 13.0. The van der Waals surface area contributed by atoms with Crippen molar-refractivity contribution in [3.05, 3.63) is 96.1 Å². The molecule has 1 saturated heterocycles. The number of ether oxygens (including phenoxy) is 1. The van der Waals surface area contributed by atoms with Crippen LogP contribution in [0.2, 0.25) is 0 Å². The third kappa shape index (κ3) is 7.17. The molecular formula is C29H32F3NO2. The summed E-state index contributed by atoms with van der Waals surface area (Å²) >= 11 is 0. The van der Waals surface area contributed by atoms with E-state index in [2.05, 4.69) is 17.0 Å². The van der Waals surface area contributed by atoms with Gasteiger partial charge in [-0.15, -0.1) is 0 Å². The molecule has 1 aliphatic rings. The van der Waals surface area contributed by atoms with Crippen molar-refractivity contribution in [3.63, 3.8) is 0 Å². The van der Waals surface area contributed by atoms with Gasteiger partial charge in [-0.3, -0.25) is 4.90 Å². The molecule has 0 spiro atoms. The van der Waals surface area contributed by atoms with E-state index in [9.17, 15) is 18.3 Å². The zero-order valence-electron chi connectivity index (χ0n) is 19.8. The number of rotatable bonds is 9. The van der Waals surface area contributed by atoms with Gasteiger partial charge in [-0.2, -0.15) is 13.2 Å². The van der Waals surface area contributed by atoms with Crippen LogP contribution in [0.1, 0.15) is 30.4 Å². The number of alkyl halides is 3. The van der Waals surface area contributed by atoms with E-state index < -0.39 is 24.3 Å². The molecule has 3 nitrogen and oxygen atoms in total. The van der Waals surface area contributed by atoms with Crippen LogP contribution in [0.3, 0.4) is 0 Å². The van der Waals surface area contributed by atoms with Crippen molar-refractivity contribution in [1.82, 2.24) is 4.90 Å². The fraction of sp³-hybridized carbons (Fsp3) is 0.379. The van der Waals surface area contributed by atoms with Crippen LogP contribution >= 0.6 is 0 Å². The second kappa shape index (κ2) is 11.4. The van der Waals surface area contributed by atoms with Crippen molar-refractivity contribution in [2.45, 2.75) is 50.1 Å². The lowest BCUT2D eigenvalue weighted by Crippen LogP contribution is -2.55. The van der Waals surface area contributed by atoms with Gasteiger partial charge in [0.05, 0.1) is 18.3 Å². The molecule has 0 aliphatic carbocycles. The average molecular weight is 484 g/mol. The standard InChI is InChI=1S/C29H32F3NO2/c30-29(31,32)17-9-16-28(34,20-25-14-7-8-15-26(25)24-12-5-2-6-13-24)27-22-33(18-19-35-27)21-23-10-3-1-4-11-23/h1-8,10-15,27,34H,9,16-22H2. The number of halogens is 3. The van der Waals surface area contributed by atoms with Crippen LogP contribution in [0.5, 0.6) is 0 Å². The molecule has 1 aliphatic heterocycles. The molecular weight excluding hydrogens is 451 g/mol. The van der Waals surface area contributed by atoms with E-state index >= 15 is 0 Å². The highest BCUT2D eigenvalue weighted by atomic mass is 19.4. The molecule has 186 valence electrons. The highest BCUT2D eigenvalue weighted by Crippen LogP contribution is 2.34. The van der Waals surface area contributed by atoms with E-state index in [0.717, 1.165) is 22.3 Å². The Kier molecular flexibility index (Phi) is 8.26. The van der Waals surface area contributed by atoms with Crippen LogP contribution < -0.4 is 0 Å². The third-order valence-electron chi connectivity index (χ3n) is 6.67. The minimum Gasteiger partial charge on any atom is -0.387 e. The summed E-state index contributed by atoms with van der Waals surface area (Å²) in [6.07, 6.45) is -5.67. The van der Waals surface area contributed by atoms with Gasteiger partial charge in [0.2, 0.25) is 0 Å². The fourth-order valence-corrected chi connectivity index (χ4v) is 4.87. The molecule has 0 saturated carbocycles. The Labute approximate surface area is 205 Å². The number of aliphatic hydroxyl groups is 1. The second-order valence-corrected chi connectivity index (χ2v) is 9.35. The first-order chi connectivity index (χ1) is 16.8. The topological polar surface area (TPSA) is 32.7 Å². The number of hydrogen-bond acceptors (Lipinski definition) is 3. The van der Waals surface area contributed by atoms with Gasteiger partial charge < -0.3 is 9.84 Å². The number of morpholine rings is 1. The van der Waals surface area contributed by atoms with Gasteiger partial charge in [0, 0.05) is 32.5 Å². The predicted octanol–water partition coefficient (Wildman–Crippen LogP) is 6.26. The first-order valence-electron chi connectivity index (χ1n) is 12.1. The van der Waals surface area contributed by atoms with Crippen LogP contribution in [-0.2, 0) is 17.7 Å². The van der Waals surface area contributed by atoms with E-state index in [1.807, 2.05) is 72.8 Å². The monoisotopic (exact) mass is 483 g/mol. The molecule has 2 atom stereocenters. The summed E-state index contributed by atoms with van der Waals surface area (Å²) < 4.78 is 44.9. The lowest BCUT2D eigenvalue weighted by atomic mass is 9.81. The number of benzene rings is 3. The van der Waals surface area contributed by atoms with Crippen molar-refractivity contribution >= 4 is 0 Å². The average Bonchev–Trinajstić information content (AvgIpc) is 2.85. The Morgan fingerprint density at radius 3 is 2.23 bits per heavy atom. The van der Waals surface area contributed by atoms with E-state index in [0.29, 0.717) is 26.2 Å². The normalized spacial score (nSPS) is 18.8. The molecule has 1 fully saturated rings. The first kappa shape index (κ1) is 25.4. The minimum absolute atomic E-state index is 0.0134. The van der Waals surface area contributed by atoms with Gasteiger partial charge in [-0.25, -0.2) is 0 Å². The van der Waals surface area contributed by atoms with Gasteiger partial charge in [0.1, 0.15) is 0 Å². The zero-order chi connectivity index (χ0) is 24.7. The Hall–Kier alpha value is -2.67. The highest BCUT2D eigenvalue weighted by molar-refractivity contribution is 5.67. The molecule has 1 N–H and O–H groups in total. The molecule has 2 unspecified atom stereocenters. The number of nitrogens with zero attached hydrogens (tertiary/aromatic N) is 1. The zero-order valence-corrected chi connectivity index (χ0v) is 19.8. The molecule has 4 rings (SSSR count). The SMILES string of the molecule is OC(CCCC(F)(F)F)(Cc1ccccc1-c1ccccc1)C1CN(Cc2ccccc2)CCO1. The fourth-order valence-electron chi connectivity index (χ4n) is 4.87. The Morgan fingerprint density at radius 1 is 0.857 bits per heavy atom. The maximum absolute atomic E-state index is 13.0. The van der Waals surface area contributed by atoms with Gasteiger partial charge >= 0.3 is 6.18 Å². The molecule has 6 heteroatoms. The van der Waals surface area contributed by atoms with Crippen molar-refractivity contribution < 1.29 is 23.0 Å². The van der Waals surface area contributed by atoms with Crippen LogP contribution in [0.4, 0.5) is 13.2 Å². The van der Waals surface area contributed by atoms with Gasteiger partial charge in [-0.05, 0) is 35.1 Å². The van der Waals surface area contributed by atoms with Crippen molar-refractivity contribution in [1.29, 1.82) is 0 Å². The lowest BCUT2D eigenvalue weighted by molar-refractivity contribution is -0.159. The molecule has 1 heterocycles. The van der Waals surface area contributed by atoms with Gasteiger partial charge in [0.25, 0.3) is 0 Å². The predicted molar refractivity (Wildman–Crippen MR) is 132 cm³/mol. The molecule has 0 bridgehead atoms. The van der Waals surface area contributed by atoms with E-state index in [1.165, 1.54) is 0 Å². The smallest absolute Gasteiger partial charge is 0.387 e. The van der Waals surface area contributed by atoms with Crippen LogP contribution in [-0.4, -0.2) is 47.6 Å². The first-order valence-corrected chi connectivity index (χ1v) is 12.1. The number of hydrogen-bond donors (Lipinski definition) is 1. The summed E-state index contributed by atoms with van der Waals surface area (Å²) in [7, 11) is 0. The molecule has 0 aromatic heterocycles. The second-order valence-electron chi connectivity index (χ2n) is 9.35. The molecule has 35 heavy (non-hydrogen) atoms. The molecule has 3 aromatic rings. The lowest BCUT2D eigenvalue weighted by Gasteiger charge is -2.42.